The smallest absolute Gasteiger partial charge is 0.409 e. The van der Waals surface area contributed by atoms with E-state index in [2.05, 4.69) is 21.7 Å². The lowest BCUT2D eigenvalue weighted by atomic mass is 9.88. The molecule has 1 aliphatic carbocycles. The number of carbonyl (C=O) groups is 1. The van der Waals surface area contributed by atoms with Gasteiger partial charge in [-0.15, -0.1) is 0 Å². The molecule has 0 aromatic heterocycles. The van der Waals surface area contributed by atoms with Crippen LogP contribution in [0.4, 0.5) is 4.79 Å². The van der Waals surface area contributed by atoms with Gasteiger partial charge in [0.1, 0.15) is 5.75 Å². The number of hydrogen-bond acceptors (Lipinski definition) is 4. The number of amides is 1. The van der Waals surface area contributed by atoms with E-state index in [0.29, 0.717) is 25.4 Å². The summed E-state index contributed by atoms with van der Waals surface area (Å²) < 4.78 is 4.78. The molecule has 1 aromatic carbocycles. The van der Waals surface area contributed by atoms with Crippen LogP contribution in [-0.4, -0.2) is 55.3 Å². The first-order valence-corrected chi connectivity index (χ1v) is 9.75. The molecule has 148 valence electrons. The highest BCUT2D eigenvalue weighted by atomic mass is 16.5. The minimum Gasteiger partial charge on any atom is -0.508 e. The van der Waals surface area contributed by atoms with Crippen LogP contribution in [0.5, 0.6) is 5.75 Å². The molecule has 1 heterocycles. The molecule has 0 bridgehead atoms. The average molecular weight is 374 g/mol. The molecule has 1 amide bonds. The lowest BCUT2D eigenvalue weighted by molar-refractivity contribution is 0.111. The van der Waals surface area contributed by atoms with Crippen LogP contribution in [0.15, 0.2) is 17.1 Å². The Hall–Kier alpha value is -2.44. The zero-order valence-electron chi connectivity index (χ0n) is 16.3. The summed E-state index contributed by atoms with van der Waals surface area (Å²) in [6, 6.07) is 4.12. The quantitative estimate of drug-likeness (QED) is 0.558. The predicted molar refractivity (Wildman–Crippen MR) is 105 cm³/mol. The Bertz CT molecular complexity index is 697. The molecule has 1 saturated heterocycles. The molecule has 1 aromatic rings. The van der Waals surface area contributed by atoms with E-state index in [9.17, 15) is 9.90 Å². The molecule has 0 atom stereocenters. The number of hydrogen-bond donors (Lipinski definition) is 3. The van der Waals surface area contributed by atoms with E-state index in [0.717, 1.165) is 37.2 Å². The summed E-state index contributed by atoms with van der Waals surface area (Å²) in [5.41, 5.74) is 3.63. The first kappa shape index (κ1) is 19.3. The van der Waals surface area contributed by atoms with E-state index in [1.54, 1.807) is 18.0 Å². The predicted octanol–water partition coefficient (Wildman–Crippen LogP) is 2.17. The van der Waals surface area contributed by atoms with Crippen LogP contribution in [0.1, 0.15) is 42.4 Å². The van der Waals surface area contributed by atoms with Crippen LogP contribution in [0.3, 0.4) is 0 Å². The van der Waals surface area contributed by atoms with Gasteiger partial charge in [-0.05, 0) is 55.7 Å². The highest BCUT2D eigenvalue weighted by Crippen LogP contribution is 2.30. The maximum absolute atomic E-state index is 11.6. The Kier molecular flexibility index (Phi) is 6.42. The molecule has 1 aliphatic heterocycles. The van der Waals surface area contributed by atoms with E-state index in [1.165, 1.54) is 31.1 Å². The van der Waals surface area contributed by atoms with Gasteiger partial charge in [0.05, 0.1) is 7.11 Å². The van der Waals surface area contributed by atoms with Crippen LogP contribution >= 0.6 is 0 Å². The monoisotopic (exact) mass is 374 g/mol. The number of nitrogens with one attached hydrogen (secondary N) is 2. The number of nitrogens with zero attached hydrogens (tertiary/aromatic N) is 2. The second kappa shape index (κ2) is 8.97. The number of piperidine rings is 1. The molecule has 3 N–H and O–H groups in total. The molecule has 0 spiro atoms. The fraction of sp³-hybridized carbons (Fsp3) is 0.600. The number of phenolic OH excluding ortho intramolecular Hbond substituents is 1. The number of aliphatic imine (C=N–C) groups is 1. The second-order valence-electron chi connectivity index (χ2n) is 7.21. The molecule has 3 rings (SSSR count). The number of carbonyl (C=O) groups excluding carboxylic acids is 1. The Labute approximate surface area is 160 Å². The van der Waals surface area contributed by atoms with E-state index in [1.807, 2.05) is 0 Å². The molecule has 2 aliphatic rings. The van der Waals surface area contributed by atoms with E-state index in [4.69, 9.17) is 4.74 Å². The first-order chi connectivity index (χ1) is 13.1. The fourth-order valence-corrected chi connectivity index (χ4v) is 3.98. The van der Waals surface area contributed by atoms with Crippen molar-refractivity contribution in [3.63, 3.8) is 0 Å². The third-order valence-electron chi connectivity index (χ3n) is 5.55. The SMILES string of the molecule is CN=C(NCc1c(O)ccc2c1CCCC2)NC1CCN(C(=O)OC)CC1. The van der Waals surface area contributed by atoms with Crippen LogP contribution in [0, 0.1) is 0 Å². The van der Waals surface area contributed by atoms with Crippen LogP contribution in [0.25, 0.3) is 0 Å². The Morgan fingerprint density at radius 2 is 2.04 bits per heavy atom. The molecule has 7 heteroatoms. The van der Waals surface area contributed by atoms with Crippen molar-refractivity contribution >= 4 is 12.1 Å². The number of benzene rings is 1. The van der Waals surface area contributed by atoms with Crippen molar-refractivity contribution in [2.75, 3.05) is 27.2 Å². The Morgan fingerprint density at radius 1 is 1.30 bits per heavy atom. The first-order valence-electron chi connectivity index (χ1n) is 9.75. The van der Waals surface area contributed by atoms with Crippen LogP contribution in [0.2, 0.25) is 0 Å². The number of aromatic hydroxyl groups is 1. The summed E-state index contributed by atoms with van der Waals surface area (Å²) in [5, 5.41) is 17.1. The number of fused-ring (bicyclic) bond motifs is 1. The third-order valence-corrected chi connectivity index (χ3v) is 5.55. The zero-order valence-corrected chi connectivity index (χ0v) is 16.3. The Morgan fingerprint density at radius 3 is 2.74 bits per heavy atom. The van der Waals surface area contributed by atoms with E-state index >= 15 is 0 Å². The van der Waals surface area contributed by atoms with E-state index < -0.39 is 0 Å². The molecule has 0 unspecified atom stereocenters. The summed E-state index contributed by atoms with van der Waals surface area (Å²) in [5.74, 6) is 1.07. The van der Waals surface area contributed by atoms with Gasteiger partial charge in [0.15, 0.2) is 5.96 Å². The molecule has 1 fully saturated rings. The maximum Gasteiger partial charge on any atom is 0.409 e. The normalized spacial score (nSPS) is 18.0. The number of ether oxygens (including phenoxy) is 1. The van der Waals surface area contributed by atoms with Gasteiger partial charge in [0, 0.05) is 38.3 Å². The summed E-state index contributed by atoms with van der Waals surface area (Å²) >= 11 is 0. The topological polar surface area (TPSA) is 86.2 Å². The minimum absolute atomic E-state index is 0.260. The van der Waals surface area contributed by atoms with Gasteiger partial charge in [-0.25, -0.2) is 4.79 Å². The van der Waals surface area contributed by atoms with Crippen molar-refractivity contribution in [2.45, 2.75) is 51.1 Å². The van der Waals surface area contributed by atoms with Gasteiger partial charge in [0.2, 0.25) is 0 Å². The number of guanidine groups is 1. The van der Waals surface area contributed by atoms with Crippen molar-refractivity contribution in [1.82, 2.24) is 15.5 Å². The lowest BCUT2D eigenvalue weighted by Gasteiger charge is -2.32. The number of phenols is 1. The standard InChI is InChI=1S/C20H30N4O3/c1-21-19(23-15-9-11-24(12-10-15)20(26)27-2)22-13-17-16-6-4-3-5-14(16)7-8-18(17)25/h7-8,15,25H,3-6,9-13H2,1-2H3,(H2,21,22,23). The third kappa shape index (κ3) is 4.64. The summed E-state index contributed by atoms with van der Waals surface area (Å²) in [6.07, 6.45) is 5.95. The summed E-state index contributed by atoms with van der Waals surface area (Å²) in [7, 11) is 3.16. The largest absolute Gasteiger partial charge is 0.508 e. The Balaban J connectivity index is 1.56. The maximum atomic E-state index is 11.6. The highest BCUT2D eigenvalue weighted by molar-refractivity contribution is 5.80. The van der Waals surface area contributed by atoms with Crippen molar-refractivity contribution in [3.8, 4) is 5.75 Å². The van der Waals surface area contributed by atoms with Gasteiger partial charge in [-0.1, -0.05) is 6.07 Å². The number of rotatable bonds is 3. The van der Waals surface area contributed by atoms with Gasteiger partial charge in [0.25, 0.3) is 0 Å². The zero-order chi connectivity index (χ0) is 19.2. The van der Waals surface area contributed by atoms with Crippen molar-refractivity contribution < 1.29 is 14.6 Å². The van der Waals surface area contributed by atoms with Crippen LogP contribution in [-0.2, 0) is 24.1 Å². The number of aryl methyl sites for hydroxylation is 1. The fourth-order valence-electron chi connectivity index (χ4n) is 3.98. The molecular formula is C20H30N4O3. The summed E-state index contributed by atoms with van der Waals surface area (Å²) in [6.45, 7) is 1.90. The molecular weight excluding hydrogens is 344 g/mol. The molecule has 7 nitrogen and oxygen atoms in total. The van der Waals surface area contributed by atoms with Crippen LogP contribution < -0.4 is 10.6 Å². The van der Waals surface area contributed by atoms with Crippen molar-refractivity contribution in [2.24, 2.45) is 4.99 Å². The van der Waals surface area contributed by atoms with Gasteiger partial charge in [-0.3, -0.25) is 4.99 Å². The van der Waals surface area contributed by atoms with Gasteiger partial charge in [-0.2, -0.15) is 0 Å². The van der Waals surface area contributed by atoms with Gasteiger partial charge >= 0.3 is 6.09 Å². The lowest BCUT2D eigenvalue weighted by Crippen LogP contribution is -2.49. The number of methoxy groups -OCH3 is 1. The number of likely N-dealkylation sites (tertiary alicyclic amines) is 1. The molecule has 0 radical (unpaired) electrons. The van der Waals surface area contributed by atoms with Gasteiger partial charge < -0.3 is 25.4 Å². The summed E-state index contributed by atoms with van der Waals surface area (Å²) in [4.78, 5) is 17.6. The molecule has 27 heavy (non-hydrogen) atoms. The van der Waals surface area contributed by atoms with Crippen molar-refractivity contribution in [1.29, 1.82) is 0 Å². The second-order valence-corrected chi connectivity index (χ2v) is 7.21. The van der Waals surface area contributed by atoms with E-state index in [-0.39, 0.29) is 12.1 Å². The van der Waals surface area contributed by atoms with Crippen molar-refractivity contribution in [3.05, 3.63) is 28.8 Å². The average Bonchev–Trinajstić information content (AvgIpc) is 2.72. The highest BCUT2D eigenvalue weighted by Gasteiger charge is 2.24. The molecule has 0 saturated carbocycles. The minimum atomic E-state index is -0.264.